The molecule has 2 aromatic rings. The van der Waals surface area contributed by atoms with Crippen molar-refractivity contribution in [2.45, 2.75) is 65.4 Å². The van der Waals surface area contributed by atoms with E-state index >= 15 is 4.39 Å². The first-order chi connectivity index (χ1) is 13.5. The van der Waals surface area contributed by atoms with E-state index in [1.54, 1.807) is 20.8 Å². The van der Waals surface area contributed by atoms with E-state index in [2.05, 4.69) is 15.9 Å². The van der Waals surface area contributed by atoms with Crippen LogP contribution in [0.15, 0.2) is 6.07 Å². The number of nitrogens with zero attached hydrogens (tertiary/aromatic N) is 1. The van der Waals surface area contributed by atoms with Crippen molar-refractivity contribution in [3.05, 3.63) is 39.1 Å². The van der Waals surface area contributed by atoms with Gasteiger partial charge in [0.25, 0.3) is 12.0 Å². The Morgan fingerprint density at radius 1 is 1.31 bits per heavy atom. The van der Waals surface area contributed by atoms with E-state index < -0.39 is 23.4 Å². The molecule has 3 N–H and O–H groups in total. The second-order valence-electron chi connectivity index (χ2n) is 8.74. The molecule has 154 valence electrons. The predicted octanol–water partition coefficient (Wildman–Crippen LogP) is 5.17. The number of rotatable bonds is 2. The number of primary amides is 1. The van der Waals surface area contributed by atoms with Crippen LogP contribution in [-0.4, -0.2) is 22.6 Å². The van der Waals surface area contributed by atoms with Crippen LogP contribution in [0.1, 0.15) is 73.1 Å². The Morgan fingerprint density at radius 3 is 2.62 bits per heavy atom. The molecule has 6 nitrogen and oxygen atoms in total. The molecule has 1 aliphatic rings. The lowest BCUT2D eigenvalue weighted by molar-refractivity contribution is 0.0664. The van der Waals surface area contributed by atoms with Gasteiger partial charge < -0.3 is 15.5 Å². The third-order valence-electron chi connectivity index (χ3n) is 5.41. The Bertz CT molecular complexity index is 1050. The number of H-pyrrole nitrogens is 1. The van der Waals surface area contributed by atoms with Crippen molar-refractivity contribution in [2.24, 2.45) is 11.7 Å². The summed E-state index contributed by atoms with van der Waals surface area (Å²) in [5.41, 5.74) is 7.96. The zero-order chi connectivity index (χ0) is 21.5. The fourth-order valence-electron chi connectivity index (χ4n) is 4.04. The molecule has 2 unspecified atom stereocenters. The van der Waals surface area contributed by atoms with Crippen LogP contribution in [0.2, 0.25) is 0 Å². The largest absolute Gasteiger partial charge is 0.728 e. The first-order valence-electron chi connectivity index (χ1n) is 9.78. The third-order valence-corrected chi connectivity index (χ3v) is 5.41. The van der Waals surface area contributed by atoms with Crippen LogP contribution in [0.3, 0.4) is 0 Å². The van der Waals surface area contributed by atoms with Gasteiger partial charge in [-0.2, -0.15) is 4.79 Å². The van der Waals surface area contributed by atoms with Gasteiger partial charge in [0.1, 0.15) is 11.4 Å². The highest BCUT2D eigenvalue weighted by Crippen LogP contribution is 2.43. The van der Waals surface area contributed by atoms with Gasteiger partial charge in [0.15, 0.2) is 0 Å². The van der Waals surface area contributed by atoms with Gasteiger partial charge in [0.05, 0.1) is 21.8 Å². The summed E-state index contributed by atoms with van der Waals surface area (Å²) < 4.78 is 20.2. The Hall–Kier alpha value is -2.88. The van der Waals surface area contributed by atoms with Crippen molar-refractivity contribution >= 4 is 22.9 Å². The van der Waals surface area contributed by atoms with E-state index in [9.17, 15) is 9.59 Å². The fourth-order valence-corrected chi connectivity index (χ4v) is 4.04. The minimum absolute atomic E-state index is 0.0559. The summed E-state index contributed by atoms with van der Waals surface area (Å²) in [4.78, 5) is 30.5. The van der Waals surface area contributed by atoms with Gasteiger partial charge in [-0.05, 0) is 71.4 Å². The number of carbonyl (C=O) groups excluding carboxylic acids is 2. The first kappa shape index (κ1) is 20.8. The monoisotopic (exact) mass is 400 g/mol. The van der Waals surface area contributed by atoms with Crippen molar-refractivity contribution in [1.82, 2.24) is 4.98 Å². The Morgan fingerprint density at radius 2 is 2.00 bits per heavy atom. The lowest BCUT2D eigenvalue weighted by atomic mass is 9.90. The zero-order valence-corrected chi connectivity index (χ0v) is 17.5. The molecule has 29 heavy (non-hydrogen) atoms. The summed E-state index contributed by atoms with van der Waals surface area (Å²) in [5.74, 6) is -1.20. The van der Waals surface area contributed by atoms with Crippen LogP contribution in [0, 0.1) is 31.7 Å². The SMILES string of the molecule is Cc1[nH]c2c(C(N)=O)cc(F)c(C3CCC(C#[N+]C(=O)OC(C)(C)C)C3)c2c1C. The number of fused-ring (bicyclic) bond motifs is 1. The molecule has 0 saturated heterocycles. The average Bonchev–Trinajstić information content (AvgIpc) is 3.17. The van der Waals surface area contributed by atoms with E-state index in [0.29, 0.717) is 17.5 Å². The maximum absolute atomic E-state index is 15.1. The summed E-state index contributed by atoms with van der Waals surface area (Å²) in [5, 5.41) is 0.728. The lowest BCUT2D eigenvalue weighted by Gasteiger charge is -2.15. The molecule has 1 saturated carbocycles. The third kappa shape index (κ3) is 4.26. The number of amides is 2. The maximum atomic E-state index is 15.1. The number of halogens is 1. The van der Waals surface area contributed by atoms with Crippen LogP contribution in [0.25, 0.3) is 15.7 Å². The number of benzene rings is 1. The standard InChI is InChI=1S/C22H26FN3O3/c1-11-12(2)26-19-15(20(24)27)9-16(23)18(17(11)19)14-7-6-13(8-14)10-25-21(28)29-22(3,4)5/h9,13-14H,6-8H2,1-5H3,(H2-,24,26,27)/p+1. The number of nitrogens with one attached hydrogen (secondary N) is 1. The van der Waals surface area contributed by atoms with Gasteiger partial charge >= 0.3 is 6.09 Å². The molecule has 2 amide bonds. The molecule has 7 heteroatoms. The Kier molecular flexibility index (Phi) is 5.40. The van der Waals surface area contributed by atoms with E-state index in [1.165, 1.54) is 6.07 Å². The van der Waals surface area contributed by atoms with Crippen molar-refractivity contribution < 1.29 is 18.7 Å². The highest BCUT2D eigenvalue weighted by molar-refractivity contribution is 6.07. The van der Waals surface area contributed by atoms with E-state index in [0.717, 1.165) is 29.5 Å². The van der Waals surface area contributed by atoms with Crippen LogP contribution in [-0.2, 0) is 4.74 Å². The number of aromatic amines is 1. The van der Waals surface area contributed by atoms with Gasteiger partial charge in [-0.15, -0.1) is 0 Å². The van der Waals surface area contributed by atoms with Crippen molar-refractivity contribution in [3.8, 4) is 6.07 Å². The normalized spacial score (nSPS) is 19.1. The predicted molar refractivity (Wildman–Crippen MR) is 110 cm³/mol. The van der Waals surface area contributed by atoms with Gasteiger partial charge in [-0.1, -0.05) is 0 Å². The van der Waals surface area contributed by atoms with E-state index in [1.807, 2.05) is 13.8 Å². The number of ether oxygens (including phenoxy) is 1. The number of aromatic nitrogens is 1. The molecule has 0 bridgehead atoms. The van der Waals surface area contributed by atoms with E-state index in [4.69, 9.17) is 10.5 Å². The van der Waals surface area contributed by atoms with Gasteiger partial charge in [0.2, 0.25) is 0 Å². The van der Waals surface area contributed by atoms with Crippen LogP contribution >= 0.6 is 0 Å². The summed E-state index contributed by atoms with van der Waals surface area (Å²) in [6.45, 7) is 9.12. The molecule has 0 spiro atoms. The molecule has 1 aliphatic carbocycles. The van der Waals surface area contributed by atoms with Crippen LogP contribution in [0.4, 0.5) is 9.18 Å². The van der Waals surface area contributed by atoms with Crippen molar-refractivity contribution in [2.75, 3.05) is 0 Å². The Balaban J connectivity index is 1.92. The molecule has 0 aliphatic heterocycles. The molecule has 1 aromatic carbocycles. The van der Waals surface area contributed by atoms with Crippen LogP contribution in [0.5, 0.6) is 0 Å². The molecular weight excluding hydrogens is 373 g/mol. The summed E-state index contributed by atoms with van der Waals surface area (Å²) in [6, 6.07) is 4.09. The molecule has 2 atom stereocenters. The molecule has 1 aromatic heterocycles. The van der Waals surface area contributed by atoms with Gasteiger partial charge in [0, 0.05) is 16.6 Å². The molecular formula is C22H27FN3O3+. The smallest absolute Gasteiger partial charge is 0.392 e. The Labute approximate surface area is 169 Å². The lowest BCUT2D eigenvalue weighted by Crippen LogP contribution is -2.21. The minimum atomic E-state index is -0.669. The first-order valence-corrected chi connectivity index (χ1v) is 9.78. The molecule has 1 fully saturated rings. The number of aryl methyl sites for hydroxylation is 2. The minimum Gasteiger partial charge on any atom is -0.392 e. The van der Waals surface area contributed by atoms with Gasteiger partial charge in [-0.3, -0.25) is 4.79 Å². The summed E-state index contributed by atoms with van der Waals surface area (Å²) in [6.07, 6.45) is 1.44. The van der Waals surface area contributed by atoms with Crippen LogP contribution < -0.4 is 5.73 Å². The second-order valence-corrected chi connectivity index (χ2v) is 8.74. The second kappa shape index (κ2) is 7.51. The quantitative estimate of drug-likeness (QED) is 0.728. The number of hydrogen-bond donors (Lipinski definition) is 2. The maximum Gasteiger partial charge on any atom is 0.728 e. The highest BCUT2D eigenvalue weighted by Gasteiger charge is 2.34. The van der Waals surface area contributed by atoms with Gasteiger partial charge in [-0.25, -0.2) is 4.39 Å². The fraction of sp³-hybridized carbons (Fsp3) is 0.500. The highest BCUT2D eigenvalue weighted by atomic mass is 19.1. The molecule has 1 heterocycles. The number of hydrogen-bond acceptors (Lipinski definition) is 3. The summed E-state index contributed by atoms with van der Waals surface area (Å²) in [7, 11) is 0. The van der Waals surface area contributed by atoms with Crippen molar-refractivity contribution in [3.63, 3.8) is 0 Å². The van der Waals surface area contributed by atoms with E-state index in [-0.39, 0.29) is 17.4 Å². The number of nitrogens with two attached hydrogens (primary N) is 1. The number of carbonyl (C=O) groups is 2. The molecule has 3 rings (SSSR count). The molecule has 0 radical (unpaired) electrons. The van der Waals surface area contributed by atoms with Crippen molar-refractivity contribution in [1.29, 1.82) is 0 Å². The topological polar surface area (TPSA) is 89.5 Å². The zero-order valence-electron chi connectivity index (χ0n) is 17.5. The summed E-state index contributed by atoms with van der Waals surface area (Å²) >= 11 is 0. The average molecular weight is 400 g/mol.